The van der Waals surface area contributed by atoms with E-state index in [9.17, 15) is 4.79 Å². The van der Waals surface area contributed by atoms with Gasteiger partial charge in [0.05, 0.1) is 23.4 Å². The fourth-order valence-corrected chi connectivity index (χ4v) is 3.64. The number of amides is 1. The fourth-order valence-electron chi connectivity index (χ4n) is 3.12. The van der Waals surface area contributed by atoms with Crippen LogP contribution in [0.3, 0.4) is 0 Å². The van der Waals surface area contributed by atoms with Crippen LogP contribution in [0.2, 0.25) is 5.02 Å². The van der Waals surface area contributed by atoms with Gasteiger partial charge in [-0.25, -0.2) is 4.98 Å². The molecule has 0 saturated carbocycles. The van der Waals surface area contributed by atoms with Crippen molar-refractivity contribution in [3.8, 4) is 17.2 Å². The maximum atomic E-state index is 12.8. The topological polar surface area (TPSA) is 64.4 Å². The zero-order chi connectivity index (χ0) is 21.3. The van der Waals surface area contributed by atoms with Crippen LogP contribution in [0.4, 0.5) is 5.69 Å². The number of aromatic nitrogens is 1. The zero-order valence-corrected chi connectivity index (χ0v) is 18.7. The smallest absolute Gasteiger partial charge is 0.259 e. The average Bonchev–Trinajstić information content (AvgIpc) is 3.18. The van der Waals surface area contributed by atoms with Gasteiger partial charge in [0.2, 0.25) is 5.89 Å². The Bertz CT molecular complexity index is 1250. The Morgan fingerprint density at radius 1 is 1.17 bits per heavy atom. The van der Waals surface area contributed by atoms with Gasteiger partial charge in [0.25, 0.3) is 5.91 Å². The van der Waals surface area contributed by atoms with Crippen molar-refractivity contribution in [2.45, 2.75) is 13.3 Å². The van der Waals surface area contributed by atoms with Crippen molar-refractivity contribution in [3.05, 3.63) is 75.2 Å². The van der Waals surface area contributed by atoms with Crippen molar-refractivity contribution >= 4 is 50.2 Å². The van der Waals surface area contributed by atoms with E-state index in [0.29, 0.717) is 39.1 Å². The minimum Gasteiger partial charge on any atom is -0.496 e. The zero-order valence-electron chi connectivity index (χ0n) is 16.3. The van der Waals surface area contributed by atoms with Crippen molar-refractivity contribution in [2.24, 2.45) is 0 Å². The van der Waals surface area contributed by atoms with Crippen LogP contribution >= 0.6 is 27.5 Å². The third-order valence-electron chi connectivity index (χ3n) is 4.73. The molecular weight excluding hydrogens is 468 g/mol. The monoisotopic (exact) mass is 484 g/mol. The first-order valence-corrected chi connectivity index (χ1v) is 10.5. The maximum Gasteiger partial charge on any atom is 0.259 e. The van der Waals surface area contributed by atoms with Gasteiger partial charge in [0, 0.05) is 10.0 Å². The SMILES string of the molecule is CCc1ccc2oc(-c3ccc(Cl)c(NC(=O)c4cc(Br)ccc4OC)c3)nc2c1. The van der Waals surface area contributed by atoms with Crippen LogP contribution < -0.4 is 10.1 Å². The van der Waals surface area contributed by atoms with E-state index in [0.717, 1.165) is 16.4 Å². The number of aryl methyl sites for hydroxylation is 1. The normalized spacial score (nSPS) is 10.9. The number of methoxy groups -OCH3 is 1. The van der Waals surface area contributed by atoms with E-state index in [4.69, 9.17) is 20.8 Å². The van der Waals surface area contributed by atoms with E-state index in [1.165, 1.54) is 12.7 Å². The number of benzene rings is 3. The largest absolute Gasteiger partial charge is 0.496 e. The second-order valence-electron chi connectivity index (χ2n) is 6.67. The van der Waals surface area contributed by atoms with E-state index >= 15 is 0 Å². The van der Waals surface area contributed by atoms with Crippen LogP contribution in [0.15, 0.2) is 63.5 Å². The second kappa shape index (κ2) is 8.50. The Labute approximate surface area is 187 Å². The van der Waals surface area contributed by atoms with Crippen LogP contribution in [0.5, 0.6) is 5.75 Å². The van der Waals surface area contributed by atoms with Crippen LogP contribution in [0.25, 0.3) is 22.6 Å². The van der Waals surface area contributed by atoms with Gasteiger partial charge in [-0.3, -0.25) is 4.79 Å². The van der Waals surface area contributed by atoms with Crippen molar-refractivity contribution < 1.29 is 13.9 Å². The number of carbonyl (C=O) groups is 1. The molecule has 4 aromatic rings. The van der Waals surface area contributed by atoms with Crippen LogP contribution in [-0.4, -0.2) is 18.0 Å². The molecule has 0 aliphatic heterocycles. The number of anilines is 1. The van der Waals surface area contributed by atoms with Gasteiger partial charge >= 0.3 is 0 Å². The van der Waals surface area contributed by atoms with Crippen LogP contribution in [0, 0.1) is 0 Å². The minimum absolute atomic E-state index is 0.336. The molecule has 0 aliphatic carbocycles. The first-order valence-electron chi connectivity index (χ1n) is 9.32. The van der Waals surface area contributed by atoms with Gasteiger partial charge in [0.15, 0.2) is 5.58 Å². The number of nitrogens with one attached hydrogen (secondary N) is 1. The first-order chi connectivity index (χ1) is 14.5. The van der Waals surface area contributed by atoms with Gasteiger partial charge in [0.1, 0.15) is 11.3 Å². The lowest BCUT2D eigenvalue weighted by atomic mass is 10.1. The Hall–Kier alpha value is -2.83. The van der Waals surface area contributed by atoms with E-state index in [1.807, 2.05) is 24.3 Å². The summed E-state index contributed by atoms with van der Waals surface area (Å²) in [5.41, 5.74) is 4.25. The Kier molecular flexibility index (Phi) is 5.79. The molecule has 0 atom stereocenters. The lowest BCUT2D eigenvalue weighted by molar-refractivity contribution is 0.102. The molecule has 0 bridgehead atoms. The molecule has 7 heteroatoms. The summed E-state index contributed by atoms with van der Waals surface area (Å²) in [6.07, 6.45) is 0.925. The molecule has 0 fully saturated rings. The predicted octanol–water partition coefficient (Wildman–Crippen LogP) is 6.73. The van der Waals surface area contributed by atoms with Gasteiger partial charge in [-0.05, 0) is 60.5 Å². The summed E-state index contributed by atoms with van der Waals surface area (Å²) in [7, 11) is 1.52. The third-order valence-corrected chi connectivity index (χ3v) is 5.55. The lowest BCUT2D eigenvalue weighted by Gasteiger charge is -2.11. The standard InChI is InChI=1S/C23H18BrClN2O3/c1-3-13-4-8-21-19(10-13)27-23(30-21)14-5-7-17(25)18(11-14)26-22(28)16-12-15(24)6-9-20(16)29-2/h4-12H,3H2,1-2H3,(H,26,28). The van der Waals surface area contributed by atoms with E-state index < -0.39 is 0 Å². The average molecular weight is 486 g/mol. The number of fused-ring (bicyclic) bond motifs is 1. The van der Waals surface area contributed by atoms with Crippen molar-refractivity contribution in [2.75, 3.05) is 12.4 Å². The van der Waals surface area contributed by atoms with E-state index in [1.54, 1.807) is 30.3 Å². The van der Waals surface area contributed by atoms with Crippen LogP contribution in [-0.2, 0) is 6.42 Å². The van der Waals surface area contributed by atoms with E-state index in [2.05, 4.69) is 33.2 Å². The molecule has 152 valence electrons. The van der Waals surface area contributed by atoms with Crippen molar-refractivity contribution in [1.29, 1.82) is 0 Å². The van der Waals surface area contributed by atoms with Gasteiger partial charge in [-0.1, -0.05) is 40.5 Å². The molecule has 5 nitrogen and oxygen atoms in total. The first kappa shape index (κ1) is 20.4. The summed E-state index contributed by atoms with van der Waals surface area (Å²) < 4.78 is 12.0. The van der Waals surface area contributed by atoms with Gasteiger partial charge in [-0.15, -0.1) is 0 Å². The maximum absolute atomic E-state index is 12.8. The van der Waals surface area contributed by atoms with Crippen molar-refractivity contribution in [3.63, 3.8) is 0 Å². The summed E-state index contributed by atoms with van der Waals surface area (Å²) in [5.74, 6) is 0.594. The Morgan fingerprint density at radius 2 is 2.00 bits per heavy atom. The molecule has 0 spiro atoms. The molecule has 0 saturated heterocycles. The number of hydrogen-bond donors (Lipinski definition) is 1. The highest BCUT2D eigenvalue weighted by atomic mass is 79.9. The lowest BCUT2D eigenvalue weighted by Crippen LogP contribution is -2.13. The summed E-state index contributed by atoms with van der Waals surface area (Å²) in [6, 6.07) is 16.4. The molecule has 30 heavy (non-hydrogen) atoms. The molecule has 1 aromatic heterocycles. The van der Waals surface area contributed by atoms with Crippen LogP contribution in [0.1, 0.15) is 22.8 Å². The van der Waals surface area contributed by atoms with Gasteiger partial charge < -0.3 is 14.5 Å². The highest BCUT2D eigenvalue weighted by Crippen LogP contribution is 2.32. The number of oxazole rings is 1. The number of carbonyl (C=O) groups excluding carboxylic acids is 1. The molecule has 0 radical (unpaired) electrons. The number of rotatable bonds is 5. The summed E-state index contributed by atoms with van der Waals surface area (Å²) in [4.78, 5) is 17.4. The number of nitrogens with zero attached hydrogens (tertiary/aromatic N) is 1. The Morgan fingerprint density at radius 3 is 2.77 bits per heavy atom. The highest BCUT2D eigenvalue weighted by molar-refractivity contribution is 9.10. The minimum atomic E-state index is -0.336. The number of hydrogen-bond acceptors (Lipinski definition) is 4. The second-order valence-corrected chi connectivity index (χ2v) is 7.99. The molecule has 1 N–H and O–H groups in total. The highest BCUT2D eigenvalue weighted by Gasteiger charge is 2.16. The third kappa shape index (κ3) is 4.06. The molecule has 0 aliphatic rings. The Balaban J connectivity index is 1.67. The van der Waals surface area contributed by atoms with Gasteiger partial charge in [-0.2, -0.15) is 0 Å². The molecule has 1 heterocycles. The summed E-state index contributed by atoms with van der Waals surface area (Å²) in [5, 5.41) is 3.26. The number of ether oxygens (including phenoxy) is 1. The molecular formula is C23H18BrClN2O3. The summed E-state index contributed by atoms with van der Waals surface area (Å²) >= 11 is 9.71. The van der Waals surface area contributed by atoms with Crippen molar-refractivity contribution in [1.82, 2.24) is 4.98 Å². The quantitative estimate of drug-likeness (QED) is 0.340. The molecule has 0 unspecified atom stereocenters. The number of halogens is 2. The molecule has 4 rings (SSSR count). The molecule has 1 amide bonds. The van der Waals surface area contributed by atoms with E-state index in [-0.39, 0.29) is 5.91 Å². The molecule has 3 aromatic carbocycles. The fraction of sp³-hybridized carbons (Fsp3) is 0.130. The summed E-state index contributed by atoms with van der Waals surface area (Å²) in [6.45, 7) is 2.09. The predicted molar refractivity (Wildman–Crippen MR) is 122 cm³/mol.